The van der Waals surface area contributed by atoms with Gasteiger partial charge in [0.2, 0.25) is 0 Å². The van der Waals surface area contributed by atoms with Crippen molar-refractivity contribution in [3.05, 3.63) is 59.7 Å². The van der Waals surface area contributed by atoms with Gasteiger partial charge in [-0.05, 0) is 54.8 Å². The van der Waals surface area contributed by atoms with Crippen LogP contribution in [0.1, 0.15) is 20.7 Å². The number of thioether (sulfide) groups is 1. The summed E-state index contributed by atoms with van der Waals surface area (Å²) in [5.41, 5.74) is 0.852. The molecule has 0 radical (unpaired) electrons. The molecule has 0 bridgehead atoms. The average Bonchev–Trinajstić information content (AvgIpc) is 2.67. The highest BCUT2D eigenvalue weighted by molar-refractivity contribution is 8.13. The van der Waals surface area contributed by atoms with Crippen molar-refractivity contribution in [3.63, 3.8) is 0 Å². The third-order valence-electron chi connectivity index (χ3n) is 3.31. The first kappa shape index (κ1) is 18.5. The topological polar surface area (TPSA) is 77.0 Å². The van der Waals surface area contributed by atoms with Crippen molar-refractivity contribution in [1.29, 1.82) is 0 Å². The monoisotopic (exact) mass is 358 g/mol. The zero-order chi connectivity index (χ0) is 18.2. The fourth-order valence-corrected chi connectivity index (χ4v) is 2.30. The number of hydrogen-bond donors (Lipinski definition) is 1. The molecule has 0 spiro atoms. The summed E-state index contributed by atoms with van der Waals surface area (Å²) >= 11 is 1.18. The molecule has 0 atom stereocenters. The predicted molar refractivity (Wildman–Crippen MR) is 98.7 cm³/mol. The van der Waals surface area contributed by atoms with Gasteiger partial charge < -0.3 is 14.8 Å². The van der Waals surface area contributed by atoms with E-state index in [1.807, 2.05) is 0 Å². The summed E-state index contributed by atoms with van der Waals surface area (Å²) in [6, 6.07) is 13.2. The third-order valence-corrected chi connectivity index (χ3v) is 3.89. The van der Waals surface area contributed by atoms with Crippen LogP contribution in [0.2, 0.25) is 0 Å². The summed E-state index contributed by atoms with van der Waals surface area (Å²) in [6.07, 6.45) is 1.73. The number of amidine groups is 1. The smallest absolute Gasteiger partial charge is 0.279 e. The number of ether oxygens (including phenoxy) is 2. The van der Waals surface area contributed by atoms with E-state index in [9.17, 15) is 9.59 Å². The minimum atomic E-state index is -0.443. The first-order valence-corrected chi connectivity index (χ1v) is 8.56. The van der Waals surface area contributed by atoms with E-state index in [4.69, 9.17) is 9.47 Å². The molecule has 0 saturated carbocycles. The summed E-state index contributed by atoms with van der Waals surface area (Å²) in [6.45, 7) is 0. The molecule has 2 rings (SSSR count). The number of nitrogens with one attached hydrogen (secondary N) is 1. The molecule has 130 valence electrons. The molecule has 0 aliphatic heterocycles. The Bertz CT molecular complexity index is 771. The first-order valence-electron chi connectivity index (χ1n) is 7.34. The van der Waals surface area contributed by atoms with Crippen molar-refractivity contribution in [1.82, 2.24) is 5.32 Å². The lowest BCUT2D eigenvalue weighted by molar-refractivity contribution is 0.0978. The average molecular weight is 358 g/mol. The quantitative estimate of drug-likeness (QED) is 0.672. The number of carbonyl (C=O) groups is 2. The maximum Gasteiger partial charge on any atom is 0.279 e. The molecule has 2 aromatic rings. The Morgan fingerprint density at radius 1 is 0.880 bits per heavy atom. The molecular formula is C18H18N2O4S. The highest BCUT2D eigenvalue weighted by atomic mass is 32.2. The number of amides is 2. The second kappa shape index (κ2) is 8.89. The predicted octanol–water partition coefficient (Wildman–Crippen LogP) is 2.99. The van der Waals surface area contributed by atoms with Crippen LogP contribution in [0.4, 0.5) is 0 Å². The number of rotatable bonds is 4. The van der Waals surface area contributed by atoms with Gasteiger partial charge in [0.1, 0.15) is 11.5 Å². The van der Waals surface area contributed by atoms with E-state index in [0.29, 0.717) is 22.6 Å². The van der Waals surface area contributed by atoms with Crippen LogP contribution < -0.4 is 14.8 Å². The molecule has 6 nitrogen and oxygen atoms in total. The van der Waals surface area contributed by atoms with Crippen molar-refractivity contribution in [2.45, 2.75) is 0 Å². The number of benzene rings is 2. The van der Waals surface area contributed by atoms with Gasteiger partial charge in [-0.1, -0.05) is 11.8 Å². The Kier molecular flexibility index (Phi) is 6.59. The minimum Gasteiger partial charge on any atom is -0.497 e. The zero-order valence-corrected chi connectivity index (χ0v) is 14.9. The molecule has 0 unspecified atom stereocenters. The standard InChI is InChI=1S/C18H18N2O4S/c1-23-14-8-4-12(5-9-14)16(21)19-18(25-3)20-17(22)13-6-10-15(24-2)11-7-13/h4-11H,1-3H3,(H,19,20,21,22). The lowest BCUT2D eigenvalue weighted by Crippen LogP contribution is -2.29. The molecule has 0 saturated heterocycles. The molecule has 0 heterocycles. The Balaban J connectivity index is 2.09. The highest BCUT2D eigenvalue weighted by Crippen LogP contribution is 2.13. The van der Waals surface area contributed by atoms with Gasteiger partial charge in [-0.15, -0.1) is 0 Å². The van der Waals surface area contributed by atoms with Gasteiger partial charge in [-0.2, -0.15) is 4.99 Å². The van der Waals surface area contributed by atoms with Crippen LogP contribution in [0.25, 0.3) is 0 Å². The van der Waals surface area contributed by atoms with E-state index in [1.54, 1.807) is 69.0 Å². The molecule has 2 amide bonds. The second-order valence-electron chi connectivity index (χ2n) is 4.84. The molecule has 2 aromatic carbocycles. The zero-order valence-electron chi connectivity index (χ0n) is 14.1. The summed E-state index contributed by atoms with van der Waals surface area (Å²) in [5, 5.41) is 2.86. The molecule has 7 heteroatoms. The van der Waals surface area contributed by atoms with Crippen molar-refractivity contribution in [2.75, 3.05) is 20.5 Å². The van der Waals surface area contributed by atoms with E-state index in [-0.39, 0.29) is 11.1 Å². The van der Waals surface area contributed by atoms with Crippen molar-refractivity contribution >= 4 is 28.7 Å². The fourth-order valence-electron chi connectivity index (χ4n) is 1.93. The summed E-state index contributed by atoms with van der Waals surface area (Å²) in [4.78, 5) is 28.4. The lowest BCUT2D eigenvalue weighted by Gasteiger charge is -2.07. The maximum absolute atomic E-state index is 12.2. The molecule has 0 aliphatic carbocycles. The van der Waals surface area contributed by atoms with E-state index in [2.05, 4.69) is 10.3 Å². The third kappa shape index (κ3) is 5.09. The SMILES string of the molecule is COc1ccc(C(=O)N=C(NC(=O)c2ccc(OC)cc2)SC)cc1. The molecular weight excluding hydrogens is 340 g/mol. The molecule has 25 heavy (non-hydrogen) atoms. The Labute approximate surface area is 150 Å². The van der Waals surface area contributed by atoms with Gasteiger partial charge in [0.25, 0.3) is 11.8 Å². The number of methoxy groups -OCH3 is 2. The maximum atomic E-state index is 12.2. The minimum absolute atomic E-state index is 0.224. The number of hydrogen-bond acceptors (Lipinski definition) is 5. The first-order chi connectivity index (χ1) is 12.1. The van der Waals surface area contributed by atoms with Crippen LogP contribution in [0, 0.1) is 0 Å². The highest BCUT2D eigenvalue weighted by Gasteiger charge is 2.11. The lowest BCUT2D eigenvalue weighted by atomic mass is 10.2. The summed E-state index contributed by atoms with van der Waals surface area (Å²) in [7, 11) is 3.11. The molecule has 1 N–H and O–H groups in total. The Morgan fingerprint density at radius 3 is 1.80 bits per heavy atom. The van der Waals surface area contributed by atoms with Crippen LogP contribution >= 0.6 is 11.8 Å². The van der Waals surface area contributed by atoms with Crippen LogP contribution in [0.5, 0.6) is 11.5 Å². The normalized spacial score (nSPS) is 10.9. The van der Waals surface area contributed by atoms with Crippen molar-refractivity contribution in [3.8, 4) is 11.5 Å². The van der Waals surface area contributed by atoms with Gasteiger partial charge in [-0.25, -0.2) is 0 Å². The number of carbonyl (C=O) groups excluding carboxylic acids is 2. The number of aliphatic imine (C=N–C) groups is 1. The Morgan fingerprint density at radius 2 is 1.36 bits per heavy atom. The van der Waals surface area contributed by atoms with Gasteiger partial charge in [-0.3, -0.25) is 9.59 Å². The van der Waals surface area contributed by atoms with Crippen molar-refractivity contribution in [2.24, 2.45) is 4.99 Å². The van der Waals surface area contributed by atoms with Crippen LogP contribution in [0.3, 0.4) is 0 Å². The Hall–Kier alpha value is -2.80. The van der Waals surface area contributed by atoms with E-state index < -0.39 is 5.91 Å². The van der Waals surface area contributed by atoms with Gasteiger partial charge in [0, 0.05) is 11.1 Å². The largest absolute Gasteiger partial charge is 0.497 e. The van der Waals surface area contributed by atoms with Crippen LogP contribution in [0.15, 0.2) is 53.5 Å². The van der Waals surface area contributed by atoms with E-state index in [0.717, 1.165) is 0 Å². The van der Waals surface area contributed by atoms with Gasteiger partial charge >= 0.3 is 0 Å². The van der Waals surface area contributed by atoms with Crippen LogP contribution in [-0.4, -0.2) is 37.5 Å². The number of nitrogens with zero attached hydrogens (tertiary/aromatic N) is 1. The van der Waals surface area contributed by atoms with Crippen molar-refractivity contribution < 1.29 is 19.1 Å². The van der Waals surface area contributed by atoms with E-state index >= 15 is 0 Å². The summed E-state index contributed by atoms with van der Waals surface area (Å²) in [5.74, 6) is 0.517. The van der Waals surface area contributed by atoms with E-state index in [1.165, 1.54) is 11.8 Å². The van der Waals surface area contributed by atoms with Crippen LogP contribution in [-0.2, 0) is 0 Å². The molecule has 0 fully saturated rings. The second-order valence-corrected chi connectivity index (χ2v) is 5.63. The fraction of sp³-hybridized carbons (Fsp3) is 0.167. The molecule has 0 aromatic heterocycles. The van der Waals surface area contributed by atoms with Gasteiger partial charge in [0.15, 0.2) is 5.17 Å². The van der Waals surface area contributed by atoms with Gasteiger partial charge in [0.05, 0.1) is 14.2 Å². The summed E-state index contributed by atoms with van der Waals surface area (Å²) < 4.78 is 10.1. The molecule has 0 aliphatic rings.